The van der Waals surface area contributed by atoms with Crippen LogP contribution in [0.25, 0.3) is 0 Å². The molecule has 27 heavy (non-hydrogen) atoms. The number of anilines is 2. The number of nitrogens with two attached hydrogens (primary N) is 1. The number of amides is 1. The van der Waals surface area contributed by atoms with Crippen LogP contribution in [0.2, 0.25) is 0 Å². The molecule has 0 aliphatic rings. The summed E-state index contributed by atoms with van der Waals surface area (Å²) in [5, 5.41) is 2.76. The second-order valence-corrected chi connectivity index (χ2v) is 7.34. The van der Waals surface area contributed by atoms with Crippen molar-refractivity contribution in [1.29, 1.82) is 0 Å². The van der Waals surface area contributed by atoms with Crippen LogP contribution in [0.15, 0.2) is 76.5 Å². The molecule has 0 aliphatic heterocycles. The fourth-order valence-electron chi connectivity index (χ4n) is 2.58. The largest absolute Gasteiger partial charge is 0.489 e. The lowest BCUT2D eigenvalue weighted by atomic mass is 10.1. The van der Waals surface area contributed by atoms with Gasteiger partial charge in [-0.15, -0.1) is 0 Å². The van der Waals surface area contributed by atoms with E-state index in [0.29, 0.717) is 12.3 Å². The third kappa shape index (κ3) is 5.28. The van der Waals surface area contributed by atoms with E-state index < -0.39 is 0 Å². The van der Waals surface area contributed by atoms with Gasteiger partial charge in [0.15, 0.2) is 0 Å². The van der Waals surface area contributed by atoms with Crippen LogP contribution in [0, 0.1) is 6.92 Å². The molecule has 0 heterocycles. The Morgan fingerprint density at radius 3 is 2.48 bits per heavy atom. The Labute approximate surface area is 163 Å². The van der Waals surface area contributed by atoms with Crippen molar-refractivity contribution in [2.45, 2.75) is 30.2 Å². The Kier molecular flexibility index (Phi) is 6.04. The van der Waals surface area contributed by atoms with Gasteiger partial charge in [0.05, 0.1) is 0 Å². The van der Waals surface area contributed by atoms with Crippen LogP contribution in [-0.2, 0) is 11.4 Å². The number of ether oxygens (including phenoxy) is 1. The Morgan fingerprint density at radius 1 is 1.07 bits per heavy atom. The van der Waals surface area contributed by atoms with Gasteiger partial charge >= 0.3 is 0 Å². The minimum atomic E-state index is -0.0825. The van der Waals surface area contributed by atoms with Gasteiger partial charge in [-0.3, -0.25) is 4.79 Å². The average molecular weight is 378 g/mol. The van der Waals surface area contributed by atoms with Gasteiger partial charge in [-0.1, -0.05) is 36.0 Å². The van der Waals surface area contributed by atoms with Crippen LogP contribution in [0.3, 0.4) is 0 Å². The Bertz CT molecular complexity index is 939. The molecule has 0 spiro atoms. The quantitative estimate of drug-likeness (QED) is 0.574. The molecule has 3 aromatic carbocycles. The molecule has 0 saturated carbocycles. The van der Waals surface area contributed by atoms with Crippen molar-refractivity contribution >= 4 is 29.0 Å². The zero-order chi connectivity index (χ0) is 19.2. The highest BCUT2D eigenvalue weighted by Crippen LogP contribution is 2.34. The highest BCUT2D eigenvalue weighted by Gasteiger charge is 2.06. The van der Waals surface area contributed by atoms with Gasteiger partial charge in [-0.2, -0.15) is 0 Å². The molecule has 3 aromatic rings. The standard InChI is InChI=1S/C22H22N2O2S/c1-15-5-3-4-6-17(15)14-26-19-9-12-22(21(23)13-19)27-20-10-7-18(8-11-20)24-16(2)25/h3-13H,14,23H2,1-2H3,(H,24,25). The number of rotatable bonds is 6. The predicted octanol–water partition coefficient (Wildman–Crippen LogP) is 5.27. The topological polar surface area (TPSA) is 64.3 Å². The van der Waals surface area contributed by atoms with Crippen LogP contribution in [0.5, 0.6) is 5.75 Å². The van der Waals surface area contributed by atoms with E-state index in [-0.39, 0.29) is 5.91 Å². The van der Waals surface area contributed by atoms with Crippen LogP contribution in [0.4, 0.5) is 11.4 Å². The van der Waals surface area contributed by atoms with E-state index in [9.17, 15) is 4.79 Å². The van der Waals surface area contributed by atoms with Crippen molar-refractivity contribution < 1.29 is 9.53 Å². The lowest BCUT2D eigenvalue weighted by Crippen LogP contribution is -2.05. The van der Waals surface area contributed by atoms with Crippen LogP contribution in [0.1, 0.15) is 18.1 Å². The summed E-state index contributed by atoms with van der Waals surface area (Å²) in [5.74, 6) is 0.669. The molecule has 5 heteroatoms. The van der Waals surface area contributed by atoms with Crippen molar-refractivity contribution in [1.82, 2.24) is 0 Å². The van der Waals surface area contributed by atoms with Gasteiger partial charge in [0.2, 0.25) is 5.91 Å². The smallest absolute Gasteiger partial charge is 0.221 e. The summed E-state index contributed by atoms with van der Waals surface area (Å²) in [6.45, 7) is 4.08. The van der Waals surface area contributed by atoms with Crippen molar-refractivity contribution in [2.24, 2.45) is 0 Å². The molecule has 4 nitrogen and oxygen atoms in total. The van der Waals surface area contributed by atoms with E-state index in [1.165, 1.54) is 12.5 Å². The summed E-state index contributed by atoms with van der Waals surface area (Å²) in [4.78, 5) is 13.1. The fourth-order valence-corrected chi connectivity index (χ4v) is 3.42. The first-order valence-electron chi connectivity index (χ1n) is 8.63. The maximum absolute atomic E-state index is 11.1. The molecule has 138 valence electrons. The molecular formula is C22H22N2O2S. The molecule has 0 aliphatic carbocycles. The van der Waals surface area contributed by atoms with Crippen molar-refractivity contribution in [3.8, 4) is 5.75 Å². The first-order valence-corrected chi connectivity index (χ1v) is 9.45. The third-order valence-electron chi connectivity index (χ3n) is 4.04. The van der Waals surface area contributed by atoms with Crippen LogP contribution in [-0.4, -0.2) is 5.91 Å². The van der Waals surface area contributed by atoms with Gasteiger partial charge in [0.25, 0.3) is 0 Å². The third-order valence-corrected chi connectivity index (χ3v) is 5.14. The molecule has 0 atom stereocenters. The molecule has 0 unspecified atom stereocenters. The van der Waals surface area contributed by atoms with Crippen molar-refractivity contribution in [3.63, 3.8) is 0 Å². The zero-order valence-corrected chi connectivity index (χ0v) is 16.2. The molecule has 0 aromatic heterocycles. The van der Waals surface area contributed by atoms with Gasteiger partial charge in [-0.25, -0.2) is 0 Å². The van der Waals surface area contributed by atoms with E-state index in [0.717, 1.165) is 26.8 Å². The first kappa shape index (κ1) is 18.9. The van der Waals surface area contributed by atoms with E-state index in [1.54, 1.807) is 11.8 Å². The number of benzene rings is 3. The summed E-state index contributed by atoms with van der Waals surface area (Å²) in [5.41, 5.74) is 10.0. The average Bonchev–Trinajstić information content (AvgIpc) is 2.64. The van der Waals surface area contributed by atoms with Gasteiger partial charge in [-0.05, 0) is 54.4 Å². The van der Waals surface area contributed by atoms with E-state index in [2.05, 4.69) is 24.4 Å². The number of carbonyl (C=O) groups is 1. The number of nitrogen functional groups attached to an aromatic ring is 1. The molecule has 0 fully saturated rings. The molecule has 3 N–H and O–H groups in total. The Balaban J connectivity index is 1.64. The Hall–Kier alpha value is -2.92. The summed E-state index contributed by atoms with van der Waals surface area (Å²) in [7, 11) is 0. The molecular weight excluding hydrogens is 356 g/mol. The minimum Gasteiger partial charge on any atom is -0.489 e. The number of carbonyl (C=O) groups excluding carboxylic acids is 1. The summed E-state index contributed by atoms with van der Waals surface area (Å²) in [6, 6.07) is 21.6. The monoisotopic (exact) mass is 378 g/mol. The normalized spacial score (nSPS) is 10.4. The maximum Gasteiger partial charge on any atom is 0.221 e. The zero-order valence-electron chi connectivity index (χ0n) is 15.4. The second-order valence-electron chi connectivity index (χ2n) is 6.22. The SMILES string of the molecule is CC(=O)Nc1ccc(Sc2ccc(OCc3ccccc3C)cc2N)cc1. The van der Waals surface area contributed by atoms with E-state index in [4.69, 9.17) is 10.5 Å². The molecule has 3 rings (SSSR count). The highest BCUT2D eigenvalue weighted by molar-refractivity contribution is 7.99. The Morgan fingerprint density at radius 2 is 1.81 bits per heavy atom. The van der Waals surface area contributed by atoms with Crippen LogP contribution < -0.4 is 15.8 Å². The van der Waals surface area contributed by atoms with Crippen LogP contribution >= 0.6 is 11.8 Å². The first-order chi connectivity index (χ1) is 13.0. The lowest BCUT2D eigenvalue weighted by Gasteiger charge is -2.11. The van der Waals surface area contributed by atoms with Gasteiger partial charge < -0.3 is 15.8 Å². The lowest BCUT2D eigenvalue weighted by molar-refractivity contribution is -0.114. The van der Waals surface area contributed by atoms with Crippen molar-refractivity contribution in [3.05, 3.63) is 77.9 Å². The number of hydrogen-bond donors (Lipinski definition) is 2. The molecule has 0 radical (unpaired) electrons. The fraction of sp³-hybridized carbons (Fsp3) is 0.136. The van der Waals surface area contributed by atoms with Gasteiger partial charge in [0.1, 0.15) is 12.4 Å². The number of aryl methyl sites for hydroxylation is 1. The highest BCUT2D eigenvalue weighted by atomic mass is 32.2. The number of hydrogen-bond acceptors (Lipinski definition) is 4. The van der Waals surface area contributed by atoms with Gasteiger partial charge in [0, 0.05) is 34.2 Å². The van der Waals surface area contributed by atoms with E-state index in [1.807, 2.05) is 54.6 Å². The van der Waals surface area contributed by atoms with E-state index >= 15 is 0 Å². The second kappa shape index (κ2) is 8.64. The molecule has 0 saturated heterocycles. The molecule has 0 bridgehead atoms. The van der Waals surface area contributed by atoms with Crippen molar-refractivity contribution in [2.75, 3.05) is 11.1 Å². The summed E-state index contributed by atoms with van der Waals surface area (Å²) < 4.78 is 5.88. The summed E-state index contributed by atoms with van der Waals surface area (Å²) >= 11 is 1.57. The molecule has 1 amide bonds. The predicted molar refractivity (Wildman–Crippen MR) is 111 cm³/mol. The minimum absolute atomic E-state index is 0.0825. The number of nitrogens with one attached hydrogen (secondary N) is 1. The maximum atomic E-state index is 11.1. The summed E-state index contributed by atoms with van der Waals surface area (Å²) in [6.07, 6.45) is 0.